The number of aromatic nitrogens is 1. The number of fused-ring (bicyclic) bond motifs is 1. The lowest BCUT2D eigenvalue weighted by molar-refractivity contribution is -0.135. The van der Waals surface area contributed by atoms with Crippen molar-refractivity contribution >= 4 is 12.0 Å². The number of rotatable bonds is 5. The second-order valence-corrected chi connectivity index (χ2v) is 8.33. The molecule has 1 N–H and O–H groups in total. The van der Waals surface area contributed by atoms with Gasteiger partial charge in [0.2, 0.25) is 5.91 Å². The predicted octanol–water partition coefficient (Wildman–Crippen LogP) is 3.11. The van der Waals surface area contributed by atoms with Crippen LogP contribution in [0.15, 0.2) is 54.9 Å². The lowest BCUT2D eigenvalue weighted by Crippen LogP contribution is -2.68. The molecule has 2 fully saturated rings. The number of aliphatic hydroxyl groups is 1. The molecule has 1 amide bonds. The Bertz CT molecular complexity index is 866. The molecule has 158 valence electrons. The molecule has 0 unspecified atom stereocenters. The van der Waals surface area contributed by atoms with Crippen LogP contribution >= 0.6 is 0 Å². The Hall–Kier alpha value is -2.50. The van der Waals surface area contributed by atoms with Gasteiger partial charge in [-0.1, -0.05) is 36.4 Å². The zero-order chi connectivity index (χ0) is 20.9. The average molecular weight is 406 g/mol. The second-order valence-electron chi connectivity index (χ2n) is 8.33. The maximum Gasteiger partial charge on any atom is 0.227 e. The fraction of sp³-hybridized carbons (Fsp3) is 0.440. The number of pyridine rings is 1. The van der Waals surface area contributed by atoms with E-state index in [0.29, 0.717) is 6.42 Å². The highest BCUT2D eigenvalue weighted by Crippen LogP contribution is 2.42. The van der Waals surface area contributed by atoms with Crippen molar-refractivity contribution in [3.63, 3.8) is 0 Å². The Morgan fingerprint density at radius 2 is 1.87 bits per heavy atom. The molecule has 5 nitrogen and oxygen atoms in total. The second kappa shape index (κ2) is 9.54. The third kappa shape index (κ3) is 4.32. The van der Waals surface area contributed by atoms with Gasteiger partial charge < -0.3 is 10.0 Å². The standard InChI is InChI=1S/C25H31N3O2/c1-2-5-19-6-8-21(9-7-19)25-22-17-27(14-3-4-15-28(22)23(25)18-29)24(30)16-20-10-12-26-13-11-20/h2,5-13,22-23,25,29H,3-4,14-18H2,1H3/b5-2+/t22-,23+,25+/m1/s1. The van der Waals surface area contributed by atoms with E-state index in [1.165, 1.54) is 11.1 Å². The zero-order valence-electron chi connectivity index (χ0n) is 17.7. The van der Waals surface area contributed by atoms with Crippen molar-refractivity contribution in [2.75, 3.05) is 26.2 Å². The summed E-state index contributed by atoms with van der Waals surface area (Å²) in [6.45, 7) is 4.70. The number of hydrogen-bond acceptors (Lipinski definition) is 4. The van der Waals surface area contributed by atoms with E-state index in [1.807, 2.05) is 30.0 Å². The van der Waals surface area contributed by atoms with Gasteiger partial charge in [0.05, 0.1) is 13.0 Å². The van der Waals surface area contributed by atoms with Gasteiger partial charge in [-0.05, 0) is 55.1 Å². The lowest BCUT2D eigenvalue weighted by Gasteiger charge is -2.57. The third-order valence-electron chi connectivity index (χ3n) is 6.51. The first-order valence-electron chi connectivity index (χ1n) is 11.0. The largest absolute Gasteiger partial charge is 0.395 e. The summed E-state index contributed by atoms with van der Waals surface area (Å²) in [6, 6.07) is 12.9. The van der Waals surface area contributed by atoms with Crippen molar-refractivity contribution in [1.29, 1.82) is 0 Å². The Morgan fingerprint density at radius 3 is 2.57 bits per heavy atom. The smallest absolute Gasteiger partial charge is 0.227 e. The summed E-state index contributed by atoms with van der Waals surface area (Å²) in [7, 11) is 0. The SMILES string of the molecule is C/C=C/c1ccc([C@H]2[C@H]3CN(C(=O)Cc4ccncc4)CCCCN3[C@H]2CO)cc1. The van der Waals surface area contributed by atoms with Gasteiger partial charge in [0, 0.05) is 43.5 Å². The van der Waals surface area contributed by atoms with Crippen molar-refractivity contribution in [2.45, 2.75) is 44.2 Å². The maximum absolute atomic E-state index is 13.0. The monoisotopic (exact) mass is 405 g/mol. The van der Waals surface area contributed by atoms with Crippen LogP contribution in [0.25, 0.3) is 6.08 Å². The van der Waals surface area contributed by atoms with Crippen LogP contribution in [0, 0.1) is 0 Å². The zero-order valence-corrected chi connectivity index (χ0v) is 17.7. The molecule has 30 heavy (non-hydrogen) atoms. The first kappa shape index (κ1) is 20.8. The molecule has 2 aliphatic heterocycles. The minimum atomic E-state index is 0.137. The lowest BCUT2D eigenvalue weighted by atomic mass is 9.74. The summed E-state index contributed by atoms with van der Waals surface area (Å²) < 4.78 is 0. The van der Waals surface area contributed by atoms with E-state index in [4.69, 9.17) is 0 Å². The van der Waals surface area contributed by atoms with Crippen LogP contribution in [0.5, 0.6) is 0 Å². The fourth-order valence-corrected chi connectivity index (χ4v) is 4.98. The summed E-state index contributed by atoms with van der Waals surface area (Å²) in [6.07, 6.45) is 10.1. The highest BCUT2D eigenvalue weighted by molar-refractivity contribution is 5.78. The van der Waals surface area contributed by atoms with Crippen LogP contribution < -0.4 is 0 Å². The molecule has 2 saturated heterocycles. The van der Waals surface area contributed by atoms with E-state index in [9.17, 15) is 9.90 Å². The van der Waals surface area contributed by atoms with E-state index in [2.05, 4.69) is 40.2 Å². The number of aliphatic hydroxyl groups excluding tert-OH is 1. The van der Waals surface area contributed by atoms with Crippen molar-refractivity contribution in [3.05, 3.63) is 71.6 Å². The number of nitrogens with zero attached hydrogens (tertiary/aromatic N) is 3. The Labute approximate surface area is 179 Å². The number of amides is 1. The van der Waals surface area contributed by atoms with Crippen molar-refractivity contribution in [2.24, 2.45) is 0 Å². The molecule has 3 heterocycles. The molecule has 1 aromatic carbocycles. The van der Waals surface area contributed by atoms with E-state index < -0.39 is 0 Å². The fourth-order valence-electron chi connectivity index (χ4n) is 4.98. The number of allylic oxidation sites excluding steroid dienone is 1. The van der Waals surface area contributed by atoms with Crippen LogP contribution in [-0.2, 0) is 11.2 Å². The first-order valence-corrected chi connectivity index (χ1v) is 11.0. The summed E-state index contributed by atoms with van der Waals surface area (Å²) in [5, 5.41) is 10.1. The molecule has 0 radical (unpaired) electrons. The molecule has 5 heteroatoms. The van der Waals surface area contributed by atoms with Crippen LogP contribution in [0.2, 0.25) is 0 Å². The molecule has 0 aliphatic carbocycles. The summed E-state index contributed by atoms with van der Waals surface area (Å²) >= 11 is 0. The van der Waals surface area contributed by atoms with E-state index in [0.717, 1.165) is 38.0 Å². The molecule has 1 aromatic heterocycles. The molecule has 0 bridgehead atoms. The third-order valence-corrected chi connectivity index (χ3v) is 6.51. The first-order chi connectivity index (χ1) is 14.7. The summed E-state index contributed by atoms with van der Waals surface area (Å²) in [5.41, 5.74) is 3.45. The topological polar surface area (TPSA) is 56.7 Å². The number of hydrogen-bond donors (Lipinski definition) is 1. The van der Waals surface area contributed by atoms with Gasteiger partial charge in [-0.25, -0.2) is 0 Å². The summed E-state index contributed by atoms with van der Waals surface area (Å²) in [5.74, 6) is 0.432. The van der Waals surface area contributed by atoms with Gasteiger partial charge in [-0.3, -0.25) is 14.7 Å². The highest BCUT2D eigenvalue weighted by atomic mass is 16.3. The van der Waals surface area contributed by atoms with Crippen molar-refractivity contribution < 1.29 is 9.90 Å². The average Bonchev–Trinajstić information content (AvgIpc) is 2.74. The number of carbonyl (C=O) groups excluding carboxylic acids is 1. The molecular weight excluding hydrogens is 374 g/mol. The Morgan fingerprint density at radius 1 is 1.13 bits per heavy atom. The van der Waals surface area contributed by atoms with Gasteiger partial charge in [0.1, 0.15) is 0 Å². The van der Waals surface area contributed by atoms with Gasteiger partial charge in [-0.2, -0.15) is 0 Å². The van der Waals surface area contributed by atoms with Gasteiger partial charge in [-0.15, -0.1) is 0 Å². The highest BCUT2D eigenvalue weighted by Gasteiger charge is 2.49. The predicted molar refractivity (Wildman–Crippen MR) is 119 cm³/mol. The van der Waals surface area contributed by atoms with Gasteiger partial charge >= 0.3 is 0 Å². The summed E-state index contributed by atoms with van der Waals surface area (Å²) in [4.78, 5) is 21.5. The number of carbonyl (C=O) groups is 1. The van der Waals surface area contributed by atoms with E-state index in [1.54, 1.807) is 12.4 Å². The van der Waals surface area contributed by atoms with Crippen molar-refractivity contribution in [3.8, 4) is 0 Å². The van der Waals surface area contributed by atoms with Crippen molar-refractivity contribution in [1.82, 2.24) is 14.8 Å². The molecule has 0 spiro atoms. The molecule has 0 saturated carbocycles. The molecule has 4 rings (SSSR count). The molecule has 2 aliphatic rings. The quantitative estimate of drug-likeness (QED) is 0.831. The molecule has 3 atom stereocenters. The normalized spacial score (nSPS) is 24.7. The molecule has 2 aromatic rings. The minimum Gasteiger partial charge on any atom is -0.395 e. The molecular formula is C25H31N3O2. The maximum atomic E-state index is 13.0. The Balaban J connectivity index is 1.52. The number of benzene rings is 1. The van der Waals surface area contributed by atoms with E-state index >= 15 is 0 Å². The van der Waals surface area contributed by atoms with Gasteiger partial charge in [0.15, 0.2) is 0 Å². The van der Waals surface area contributed by atoms with Crippen LogP contribution in [0.3, 0.4) is 0 Å². The van der Waals surface area contributed by atoms with Gasteiger partial charge in [0.25, 0.3) is 0 Å². The minimum absolute atomic E-state index is 0.137. The van der Waals surface area contributed by atoms with E-state index in [-0.39, 0.29) is 30.5 Å². The van der Waals surface area contributed by atoms with Crippen LogP contribution in [-0.4, -0.2) is 64.1 Å². The van der Waals surface area contributed by atoms with Crippen LogP contribution in [0.4, 0.5) is 0 Å². The van der Waals surface area contributed by atoms with Crippen LogP contribution in [0.1, 0.15) is 42.4 Å². The Kier molecular flexibility index (Phi) is 6.60.